The van der Waals surface area contributed by atoms with Crippen LogP contribution >= 0.6 is 11.6 Å². The number of aryl methyl sites for hydroxylation is 2. The zero-order chi connectivity index (χ0) is 20.6. The van der Waals surface area contributed by atoms with Crippen molar-refractivity contribution >= 4 is 40.7 Å². The van der Waals surface area contributed by atoms with Crippen molar-refractivity contribution in [2.45, 2.75) is 20.3 Å². The summed E-state index contributed by atoms with van der Waals surface area (Å²) in [5.74, 6) is -1.86. The highest BCUT2D eigenvalue weighted by atomic mass is 35.5. The van der Waals surface area contributed by atoms with E-state index < -0.39 is 28.3 Å². The number of halogens is 1. The maximum Gasteiger partial charge on any atom is 0.282 e. The molecule has 1 aliphatic rings. The molecule has 0 aliphatic carbocycles. The first-order chi connectivity index (χ1) is 13.2. The number of hydrogen-bond acceptors (Lipinski definition) is 5. The molecular formula is C19H16ClN3O5. The van der Waals surface area contributed by atoms with E-state index in [1.807, 2.05) is 13.0 Å². The topological polar surface area (TPSA) is 110 Å². The number of carbonyl (C=O) groups is 3. The Morgan fingerprint density at radius 1 is 1.21 bits per heavy atom. The Kier molecular flexibility index (Phi) is 5.15. The molecule has 0 atom stereocenters. The van der Waals surface area contributed by atoms with Crippen LogP contribution in [0.15, 0.2) is 30.3 Å². The molecule has 0 saturated carbocycles. The Hall–Kier alpha value is -3.26. The molecule has 0 unspecified atom stereocenters. The van der Waals surface area contributed by atoms with Gasteiger partial charge in [0.15, 0.2) is 0 Å². The summed E-state index contributed by atoms with van der Waals surface area (Å²) in [6, 6.07) is 7.46. The lowest BCUT2D eigenvalue weighted by atomic mass is 10.1. The maximum absolute atomic E-state index is 12.5. The van der Waals surface area contributed by atoms with Gasteiger partial charge in [-0.25, -0.2) is 0 Å². The van der Waals surface area contributed by atoms with Crippen molar-refractivity contribution in [1.29, 1.82) is 0 Å². The number of fused-ring (bicyclic) bond motifs is 1. The van der Waals surface area contributed by atoms with E-state index in [1.54, 1.807) is 13.0 Å². The highest BCUT2D eigenvalue weighted by molar-refractivity contribution is 6.34. The lowest BCUT2D eigenvalue weighted by molar-refractivity contribution is -0.385. The smallest absolute Gasteiger partial charge is 0.282 e. The number of nitrogens with one attached hydrogen (secondary N) is 1. The second-order valence-electron chi connectivity index (χ2n) is 6.46. The molecule has 1 heterocycles. The van der Waals surface area contributed by atoms with Gasteiger partial charge in [0.25, 0.3) is 17.5 Å². The quantitative estimate of drug-likeness (QED) is 0.468. The van der Waals surface area contributed by atoms with Crippen molar-refractivity contribution in [2.24, 2.45) is 0 Å². The number of nitro benzene ring substituents is 1. The number of carbonyl (C=O) groups excluding carboxylic acids is 3. The molecule has 8 nitrogen and oxygen atoms in total. The molecule has 3 rings (SSSR count). The van der Waals surface area contributed by atoms with Crippen LogP contribution in [0.2, 0.25) is 5.02 Å². The van der Waals surface area contributed by atoms with Crippen LogP contribution < -0.4 is 5.32 Å². The van der Waals surface area contributed by atoms with Gasteiger partial charge in [0.05, 0.1) is 21.2 Å². The third-order valence-corrected chi connectivity index (χ3v) is 4.73. The van der Waals surface area contributed by atoms with E-state index in [4.69, 9.17) is 11.6 Å². The average Bonchev–Trinajstić information content (AvgIpc) is 2.87. The first-order valence-electron chi connectivity index (χ1n) is 8.41. The minimum Gasteiger partial charge on any atom is -0.324 e. The number of hydrogen-bond donors (Lipinski definition) is 1. The third kappa shape index (κ3) is 3.46. The summed E-state index contributed by atoms with van der Waals surface area (Å²) in [6.07, 6.45) is -0.164. The molecular weight excluding hydrogens is 386 g/mol. The zero-order valence-electron chi connectivity index (χ0n) is 15.1. The number of rotatable bonds is 5. The van der Waals surface area contributed by atoms with Crippen molar-refractivity contribution in [1.82, 2.24) is 4.90 Å². The van der Waals surface area contributed by atoms with Gasteiger partial charge in [-0.3, -0.25) is 29.4 Å². The van der Waals surface area contributed by atoms with E-state index >= 15 is 0 Å². The Bertz CT molecular complexity index is 1010. The summed E-state index contributed by atoms with van der Waals surface area (Å²) < 4.78 is 0. The van der Waals surface area contributed by atoms with E-state index in [-0.39, 0.29) is 24.1 Å². The number of nitrogens with zero attached hydrogens (tertiary/aromatic N) is 2. The second-order valence-corrected chi connectivity index (χ2v) is 6.86. The SMILES string of the molecule is Cc1cc(C)c(NC(=O)CCN2C(=O)c3cccc([N+](=O)[O-])c3C2=O)c(Cl)c1. The number of imide groups is 1. The largest absolute Gasteiger partial charge is 0.324 e. The number of nitro groups is 1. The van der Waals surface area contributed by atoms with Crippen molar-refractivity contribution in [3.63, 3.8) is 0 Å². The van der Waals surface area contributed by atoms with E-state index in [9.17, 15) is 24.5 Å². The van der Waals surface area contributed by atoms with Crippen molar-refractivity contribution in [3.05, 3.63) is 67.7 Å². The van der Waals surface area contributed by atoms with Crippen LogP contribution in [0.25, 0.3) is 0 Å². The van der Waals surface area contributed by atoms with Crippen LogP contribution in [-0.2, 0) is 4.79 Å². The molecule has 0 fully saturated rings. The molecule has 0 bridgehead atoms. The molecule has 0 spiro atoms. The fourth-order valence-electron chi connectivity index (χ4n) is 3.16. The van der Waals surface area contributed by atoms with Gasteiger partial charge in [-0.15, -0.1) is 0 Å². The predicted molar refractivity (Wildman–Crippen MR) is 103 cm³/mol. The number of benzene rings is 2. The summed E-state index contributed by atoms with van der Waals surface area (Å²) in [6.45, 7) is 3.49. The normalized spacial score (nSPS) is 12.9. The number of anilines is 1. The Labute approximate surface area is 165 Å². The molecule has 1 N–H and O–H groups in total. The van der Waals surface area contributed by atoms with Crippen LogP contribution in [0, 0.1) is 24.0 Å². The van der Waals surface area contributed by atoms with Crippen LogP contribution in [0.5, 0.6) is 0 Å². The van der Waals surface area contributed by atoms with Crippen molar-refractivity contribution < 1.29 is 19.3 Å². The zero-order valence-corrected chi connectivity index (χ0v) is 15.9. The lowest BCUT2D eigenvalue weighted by Crippen LogP contribution is -2.33. The van der Waals surface area contributed by atoms with Gasteiger partial charge in [-0.05, 0) is 37.1 Å². The van der Waals surface area contributed by atoms with E-state index in [0.717, 1.165) is 16.0 Å². The fraction of sp³-hybridized carbons (Fsp3) is 0.211. The highest BCUT2D eigenvalue weighted by Gasteiger charge is 2.40. The molecule has 144 valence electrons. The molecule has 1 aliphatic heterocycles. The van der Waals surface area contributed by atoms with Gasteiger partial charge in [0, 0.05) is 19.0 Å². The molecule has 0 saturated heterocycles. The van der Waals surface area contributed by atoms with Crippen LogP contribution in [-0.4, -0.2) is 34.1 Å². The monoisotopic (exact) mass is 401 g/mol. The number of amides is 3. The van der Waals surface area contributed by atoms with Gasteiger partial charge in [-0.2, -0.15) is 0 Å². The molecule has 9 heteroatoms. The standard InChI is InChI=1S/C19H16ClN3O5/c1-10-8-11(2)17(13(20)9-10)21-15(24)6-7-22-18(25)12-4-3-5-14(23(27)28)16(12)19(22)26/h3-5,8-9H,6-7H2,1-2H3,(H,21,24). The minimum absolute atomic E-state index is 0.0305. The summed E-state index contributed by atoms with van der Waals surface area (Å²) in [5, 5.41) is 14.2. The Balaban J connectivity index is 1.73. The summed E-state index contributed by atoms with van der Waals surface area (Å²) in [5.41, 5.74) is 1.51. The fourth-order valence-corrected chi connectivity index (χ4v) is 3.53. The first-order valence-corrected chi connectivity index (χ1v) is 8.78. The van der Waals surface area contributed by atoms with Gasteiger partial charge in [0.2, 0.25) is 5.91 Å². The summed E-state index contributed by atoms with van der Waals surface area (Å²) in [7, 11) is 0. The van der Waals surface area contributed by atoms with Crippen LogP contribution in [0.3, 0.4) is 0 Å². The van der Waals surface area contributed by atoms with Gasteiger partial charge < -0.3 is 5.32 Å². The summed E-state index contributed by atoms with van der Waals surface area (Å²) in [4.78, 5) is 48.5. The average molecular weight is 402 g/mol. The Morgan fingerprint density at radius 3 is 2.57 bits per heavy atom. The third-order valence-electron chi connectivity index (χ3n) is 4.43. The van der Waals surface area contributed by atoms with E-state index in [2.05, 4.69) is 5.32 Å². The molecule has 3 amide bonds. The van der Waals surface area contributed by atoms with Gasteiger partial charge in [0.1, 0.15) is 5.56 Å². The molecule has 0 radical (unpaired) electrons. The maximum atomic E-state index is 12.5. The van der Waals surface area contributed by atoms with E-state index in [0.29, 0.717) is 10.7 Å². The van der Waals surface area contributed by atoms with Gasteiger partial charge in [-0.1, -0.05) is 23.7 Å². The predicted octanol–water partition coefficient (Wildman–Crippen LogP) is 3.49. The Morgan fingerprint density at radius 2 is 1.93 bits per heavy atom. The second kappa shape index (κ2) is 7.40. The van der Waals surface area contributed by atoms with Crippen molar-refractivity contribution in [3.8, 4) is 0 Å². The van der Waals surface area contributed by atoms with Crippen molar-refractivity contribution in [2.75, 3.05) is 11.9 Å². The molecule has 0 aromatic heterocycles. The highest BCUT2D eigenvalue weighted by Crippen LogP contribution is 2.31. The first kappa shape index (κ1) is 19.5. The molecule has 2 aromatic carbocycles. The van der Waals surface area contributed by atoms with Gasteiger partial charge >= 0.3 is 0 Å². The van der Waals surface area contributed by atoms with Crippen LogP contribution in [0.4, 0.5) is 11.4 Å². The minimum atomic E-state index is -0.773. The lowest BCUT2D eigenvalue weighted by Gasteiger charge is -2.15. The molecule has 28 heavy (non-hydrogen) atoms. The summed E-state index contributed by atoms with van der Waals surface area (Å²) >= 11 is 6.16. The van der Waals surface area contributed by atoms with Crippen LogP contribution in [0.1, 0.15) is 38.3 Å². The van der Waals surface area contributed by atoms with E-state index in [1.165, 1.54) is 18.2 Å². The molecule has 2 aromatic rings.